The molecule has 10 rings (SSSR count). The van der Waals surface area contributed by atoms with E-state index in [-0.39, 0.29) is 0 Å². The van der Waals surface area contributed by atoms with Gasteiger partial charge in [0.2, 0.25) is 0 Å². The van der Waals surface area contributed by atoms with Crippen LogP contribution in [-0.4, -0.2) is 0 Å². The predicted molar refractivity (Wildman–Crippen MR) is 218 cm³/mol. The predicted octanol–water partition coefficient (Wildman–Crippen LogP) is 14.3. The molecule has 0 amide bonds. The Morgan fingerprint density at radius 1 is 0.235 bits per heavy atom. The fraction of sp³-hybridized carbons (Fsp3) is 0. The second kappa shape index (κ2) is 12.0. The molecule has 238 valence electrons. The van der Waals surface area contributed by atoms with Gasteiger partial charge < -0.3 is 4.42 Å². The lowest BCUT2D eigenvalue weighted by Crippen LogP contribution is -1.91. The normalized spacial score (nSPS) is 11.5. The Morgan fingerprint density at radius 2 is 0.647 bits per heavy atom. The Balaban J connectivity index is 1.20. The topological polar surface area (TPSA) is 13.1 Å². The summed E-state index contributed by atoms with van der Waals surface area (Å²) in [5, 5.41) is 12.1. The number of furan rings is 1. The minimum Gasteiger partial charge on any atom is -0.456 e. The number of rotatable bonds is 3. The molecule has 1 aromatic heterocycles. The van der Waals surface area contributed by atoms with Crippen molar-refractivity contribution in [3.8, 4) is 33.4 Å². The van der Waals surface area contributed by atoms with Gasteiger partial charge in [-0.2, -0.15) is 0 Å². The van der Waals surface area contributed by atoms with Gasteiger partial charge in [-0.15, -0.1) is 0 Å². The Hall–Kier alpha value is -6.70. The molecular weight excluding hydrogens is 617 g/mol. The zero-order valence-corrected chi connectivity index (χ0v) is 27.9. The highest BCUT2D eigenvalue weighted by atomic mass is 16.3. The van der Waals surface area contributed by atoms with E-state index in [0.717, 1.165) is 21.9 Å². The van der Waals surface area contributed by atoms with Crippen LogP contribution in [0.2, 0.25) is 0 Å². The highest BCUT2D eigenvalue weighted by molar-refractivity contribution is 6.22. The van der Waals surface area contributed by atoms with E-state index in [4.69, 9.17) is 4.42 Å². The summed E-state index contributed by atoms with van der Waals surface area (Å²) in [7, 11) is 0. The largest absolute Gasteiger partial charge is 0.456 e. The molecule has 0 bridgehead atoms. The first-order valence-corrected chi connectivity index (χ1v) is 17.5. The molecule has 0 saturated carbocycles. The van der Waals surface area contributed by atoms with Crippen molar-refractivity contribution in [2.24, 2.45) is 0 Å². The van der Waals surface area contributed by atoms with E-state index in [9.17, 15) is 0 Å². The zero-order valence-electron chi connectivity index (χ0n) is 27.9. The zero-order chi connectivity index (χ0) is 33.7. The van der Waals surface area contributed by atoms with Gasteiger partial charge in [-0.1, -0.05) is 158 Å². The van der Waals surface area contributed by atoms with E-state index in [0.29, 0.717) is 0 Å². The molecule has 9 aromatic carbocycles. The lowest BCUT2D eigenvalue weighted by atomic mass is 9.85. The molecule has 0 aliphatic carbocycles. The summed E-state index contributed by atoms with van der Waals surface area (Å²) in [6.45, 7) is 0. The molecule has 0 saturated heterocycles. The van der Waals surface area contributed by atoms with E-state index in [2.05, 4.69) is 182 Å². The minimum atomic E-state index is 0.911. The minimum absolute atomic E-state index is 0.911. The molecule has 0 aliphatic rings. The molecule has 1 heterocycles. The standard InChI is InChI=1S/C50H32O/c1-2-4-15-36-31-39(26-25-38(36)30-35(14-3-1)37-24-23-33-13-5-6-16-34(33)29-37)49-42-18-7-9-20-44(42)50(45-21-10-8-19-43(45)49)40-27-28-48-46(32-40)41-17-11-12-22-47(41)51-48/h1-32H. The molecular formula is C50H32O. The number of benzene rings is 8. The molecule has 0 spiro atoms. The average Bonchev–Trinajstić information content (AvgIpc) is 3.56. The van der Waals surface area contributed by atoms with Gasteiger partial charge in [-0.05, 0) is 113 Å². The van der Waals surface area contributed by atoms with Crippen molar-refractivity contribution in [2.75, 3.05) is 0 Å². The first-order valence-electron chi connectivity index (χ1n) is 17.5. The van der Waals surface area contributed by atoms with Crippen LogP contribution in [0.25, 0.3) is 98.4 Å². The van der Waals surface area contributed by atoms with E-state index in [1.807, 2.05) is 12.1 Å². The maximum absolute atomic E-state index is 6.20. The van der Waals surface area contributed by atoms with Crippen molar-refractivity contribution >= 4 is 65.0 Å². The van der Waals surface area contributed by atoms with E-state index in [1.54, 1.807) is 0 Å². The molecule has 0 aliphatic heterocycles. The molecule has 51 heavy (non-hydrogen) atoms. The van der Waals surface area contributed by atoms with Crippen LogP contribution in [0.1, 0.15) is 0 Å². The number of para-hydroxylation sites is 1. The van der Waals surface area contributed by atoms with Gasteiger partial charge >= 0.3 is 0 Å². The van der Waals surface area contributed by atoms with Crippen LogP contribution in [-0.2, 0) is 0 Å². The van der Waals surface area contributed by atoms with Gasteiger partial charge in [0.05, 0.1) is 0 Å². The van der Waals surface area contributed by atoms with Crippen molar-refractivity contribution in [1.82, 2.24) is 0 Å². The molecule has 1 heteroatoms. The van der Waals surface area contributed by atoms with Crippen molar-refractivity contribution < 1.29 is 4.42 Å². The van der Waals surface area contributed by atoms with Gasteiger partial charge in [0.1, 0.15) is 11.2 Å². The average molecular weight is 649 g/mol. The van der Waals surface area contributed by atoms with Crippen LogP contribution >= 0.6 is 0 Å². The number of hydrogen-bond acceptors (Lipinski definition) is 1. The lowest BCUT2D eigenvalue weighted by molar-refractivity contribution is 0.669. The highest BCUT2D eigenvalue weighted by Crippen LogP contribution is 2.45. The summed E-state index contributed by atoms with van der Waals surface area (Å²) in [6.07, 6.45) is 0. The maximum Gasteiger partial charge on any atom is 0.135 e. The Bertz CT molecular complexity index is 2980. The van der Waals surface area contributed by atoms with Gasteiger partial charge in [0.15, 0.2) is 0 Å². The molecule has 0 radical (unpaired) electrons. The van der Waals surface area contributed by atoms with E-state index < -0.39 is 0 Å². The maximum atomic E-state index is 6.20. The quantitative estimate of drug-likeness (QED) is 0.174. The lowest BCUT2D eigenvalue weighted by Gasteiger charge is -2.18. The Labute approximate surface area is 296 Å². The van der Waals surface area contributed by atoms with Gasteiger partial charge in [0, 0.05) is 10.8 Å². The van der Waals surface area contributed by atoms with Crippen LogP contribution in [0.3, 0.4) is 0 Å². The van der Waals surface area contributed by atoms with Gasteiger partial charge in [-0.3, -0.25) is 0 Å². The summed E-state index contributed by atoms with van der Waals surface area (Å²) in [4.78, 5) is 0. The van der Waals surface area contributed by atoms with Crippen LogP contribution in [0.15, 0.2) is 199 Å². The molecule has 0 fully saturated rings. The van der Waals surface area contributed by atoms with Gasteiger partial charge in [-0.25, -0.2) is 0 Å². The van der Waals surface area contributed by atoms with Crippen LogP contribution in [0.5, 0.6) is 0 Å². The van der Waals surface area contributed by atoms with E-state index >= 15 is 0 Å². The van der Waals surface area contributed by atoms with Crippen molar-refractivity contribution in [1.29, 1.82) is 0 Å². The number of fused-ring (bicyclic) bond motifs is 7. The second-order valence-electron chi connectivity index (χ2n) is 13.3. The molecule has 1 nitrogen and oxygen atoms in total. The Morgan fingerprint density at radius 3 is 1.35 bits per heavy atom. The van der Waals surface area contributed by atoms with Gasteiger partial charge in [0.25, 0.3) is 0 Å². The molecule has 0 N–H and O–H groups in total. The molecule has 0 unspecified atom stereocenters. The highest BCUT2D eigenvalue weighted by Gasteiger charge is 2.18. The third-order valence-electron chi connectivity index (χ3n) is 10.3. The first-order chi connectivity index (χ1) is 25.3. The SMILES string of the molecule is c1cccc2cc(-c3c4ccccc4c(-c4ccc5oc6ccccc6c5c4)c4ccccc34)ccc2cc(-c2ccc3ccccc3c2)cc1. The summed E-state index contributed by atoms with van der Waals surface area (Å²) >= 11 is 0. The fourth-order valence-corrected chi connectivity index (χ4v) is 7.85. The van der Waals surface area contributed by atoms with Crippen molar-refractivity contribution in [2.45, 2.75) is 0 Å². The second-order valence-corrected chi connectivity index (χ2v) is 13.3. The fourth-order valence-electron chi connectivity index (χ4n) is 7.85. The molecule has 0 atom stereocenters. The third-order valence-corrected chi connectivity index (χ3v) is 10.3. The summed E-state index contributed by atoms with van der Waals surface area (Å²) in [5.74, 6) is 0. The van der Waals surface area contributed by atoms with Crippen molar-refractivity contribution in [3.63, 3.8) is 0 Å². The molecule has 10 aromatic rings. The van der Waals surface area contributed by atoms with Crippen LogP contribution < -0.4 is 0 Å². The monoisotopic (exact) mass is 648 g/mol. The summed E-state index contributed by atoms with van der Waals surface area (Å²) < 4.78 is 6.20. The van der Waals surface area contributed by atoms with Crippen LogP contribution in [0, 0.1) is 0 Å². The van der Waals surface area contributed by atoms with Crippen molar-refractivity contribution in [3.05, 3.63) is 194 Å². The Kier molecular flexibility index (Phi) is 6.89. The smallest absolute Gasteiger partial charge is 0.135 e. The van der Waals surface area contributed by atoms with E-state index in [1.165, 1.54) is 76.5 Å². The first kappa shape index (κ1) is 29.2. The summed E-state index contributed by atoms with van der Waals surface area (Å²) in [5.41, 5.74) is 9.09. The van der Waals surface area contributed by atoms with Crippen LogP contribution in [0.4, 0.5) is 0 Å². The summed E-state index contributed by atoms with van der Waals surface area (Å²) in [6, 6.07) is 70.1. The third kappa shape index (κ3) is 5.02. The number of hydrogen-bond donors (Lipinski definition) is 0.